The van der Waals surface area contributed by atoms with Crippen LogP contribution in [0.3, 0.4) is 0 Å². The third-order valence-electron chi connectivity index (χ3n) is 4.59. The zero-order valence-electron chi connectivity index (χ0n) is 14.5. The minimum Gasteiger partial charge on any atom is -0.492 e. The van der Waals surface area contributed by atoms with Crippen LogP contribution in [0.4, 0.5) is 4.79 Å². The predicted molar refractivity (Wildman–Crippen MR) is 112 cm³/mol. The van der Waals surface area contributed by atoms with E-state index in [1.54, 1.807) is 0 Å². The first-order valence-corrected chi connectivity index (χ1v) is 11.1. The van der Waals surface area contributed by atoms with E-state index in [0.29, 0.717) is 24.8 Å². The van der Waals surface area contributed by atoms with Crippen molar-refractivity contribution in [3.63, 3.8) is 0 Å². The SMILES string of the molecule is O=C(CCCC[C@@H]1SC[C@@H]2NC(=O)N[C@H]21)NCCOc1ccc(I)cc1. The number of amides is 3. The van der Waals surface area contributed by atoms with Crippen LogP contribution in [0.15, 0.2) is 24.3 Å². The van der Waals surface area contributed by atoms with Crippen LogP contribution in [0.1, 0.15) is 25.7 Å². The summed E-state index contributed by atoms with van der Waals surface area (Å²) in [7, 11) is 0. The van der Waals surface area contributed by atoms with E-state index in [0.717, 1.165) is 30.8 Å². The molecule has 2 saturated heterocycles. The van der Waals surface area contributed by atoms with Crippen molar-refractivity contribution in [3.05, 3.63) is 27.8 Å². The van der Waals surface area contributed by atoms with Gasteiger partial charge >= 0.3 is 6.03 Å². The maximum Gasteiger partial charge on any atom is 0.315 e. The summed E-state index contributed by atoms with van der Waals surface area (Å²) in [5.74, 6) is 1.87. The van der Waals surface area contributed by atoms with Crippen LogP contribution in [0.2, 0.25) is 0 Å². The van der Waals surface area contributed by atoms with Gasteiger partial charge in [0.1, 0.15) is 12.4 Å². The molecule has 6 nitrogen and oxygen atoms in total. The Labute approximate surface area is 171 Å². The second-order valence-electron chi connectivity index (χ2n) is 6.52. The molecule has 3 amide bonds. The molecule has 0 radical (unpaired) electrons. The third kappa shape index (κ3) is 5.67. The van der Waals surface area contributed by atoms with Crippen LogP contribution in [0.25, 0.3) is 0 Å². The highest BCUT2D eigenvalue weighted by Gasteiger charge is 2.42. The first-order valence-electron chi connectivity index (χ1n) is 8.95. The van der Waals surface area contributed by atoms with Crippen molar-refractivity contribution in [2.24, 2.45) is 0 Å². The number of carbonyl (C=O) groups is 2. The molecule has 0 spiro atoms. The van der Waals surface area contributed by atoms with Crippen LogP contribution in [-0.4, -0.2) is 48.2 Å². The van der Waals surface area contributed by atoms with Gasteiger partial charge in [0.15, 0.2) is 0 Å². The van der Waals surface area contributed by atoms with E-state index in [1.807, 2.05) is 36.0 Å². The topological polar surface area (TPSA) is 79.5 Å². The van der Waals surface area contributed by atoms with Gasteiger partial charge in [-0.05, 0) is 59.7 Å². The second-order valence-corrected chi connectivity index (χ2v) is 9.04. The van der Waals surface area contributed by atoms with Crippen molar-refractivity contribution in [3.8, 4) is 5.75 Å². The number of unbranched alkanes of at least 4 members (excludes halogenated alkanes) is 1. The van der Waals surface area contributed by atoms with E-state index in [-0.39, 0.29) is 24.0 Å². The molecule has 2 fully saturated rings. The number of benzene rings is 1. The molecule has 2 heterocycles. The van der Waals surface area contributed by atoms with E-state index in [1.165, 1.54) is 3.57 Å². The van der Waals surface area contributed by atoms with Crippen molar-refractivity contribution in [1.82, 2.24) is 16.0 Å². The summed E-state index contributed by atoms with van der Waals surface area (Å²) in [6.07, 6.45) is 3.46. The van der Waals surface area contributed by atoms with Gasteiger partial charge in [0.25, 0.3) is 0 Å². The average molecular weight is 489 g/mol. The molecule has 0 aliphatic carbocycles. The molecule has 3 N–H and O–H groups in total. The van der Waals surface area contributed by atoms with Gasteiger partial charge in [0.2, 0.25) is 5.91 Å². The first kappa shape index (κ1) is 19.6. The number of nitrogens with one attached hydrogen (secondary N) is 3. The molecular formula is C18H24IN3O3S. The van der Waals surface area contributed by atoms with Crippen LogP contribution >= 0.6 is 34.4 Å². The summed E-state index contributed by atoms with van der Waals surface area (Å²) < 4.78 is 6.76. The summed E-state index contributed by atoms with van der Waals surface area (Å²) in [5, 5.41) is 9.31. The largest absolute Gasteiger partial charge is 0.492 e. The number of hydrogen-bond donors (Lipinski definition) is 3. The van der Waals surface area contributed by atoms with Crippen LogP contribution in [0, 0.1) is 3.57 Å². The molecule has 0 aromatic heterocycles. The van der Waals surface area contributed by atoms with Crippen LogP contribution in [0.5, 0.6) is 5.75 Å². The third-order valence-corrected chi connectivity index (χ3v) is 6.82. The monoisotopic (exact) mass is 489 g/mol. The van der Waals surface area contributed by atoms with Crippen molar-refractivity contribution in [2.75, 3.05) is 18.9 Å². The lowest BCUT2D eigenvalue weighted by Crippen LogP contribution is -2.36. The van der Waals surface area contributed by atoms with Gasteiger partial charge in [-0.3, -0.25) is 4.79 Å². The van der Waals surface area contributed by atoms with Crippen LogP contribution in [-0.2, 0) is 4.79 Å². The molecule has 3 rings (SSSR count). The van der Waals surface area contributed by atoms with E-state index >= 15 is 0 Å². The van der Waals surface area contributed by atoms with Gasteiger partial charge in [0, 0.05) is 21.0 Å². The molecule has 0 unspecified atom stereocenters. The Balaban J connectivity index is 1.22. The van der Waals surface area contributed by atoms with Gasteiger partial charge < -0.3 is 20.7 Å². The summed E-state index contributed by atoms with van der Waals surface area (Å²) in [6, 6.07) is 8.32. The number of thioether (sulfide) groups is 1. The predicted octanol–water partition coefficient (Wildman–Crippen LogP) is 2.51. The van der Waals surface area contributed by atoms with Gasteiger partial charge in [-0.1, -0.05) is 6.42 Å². The number of urea groups is 1. The fourth-order valence-corrected chi connectivity index (χ4v) is 5.16. The second kappa shape index (κ2) is 9.68. The molecule has 26 heavy (non-hydrogen) atoms. The Kier molecular flexibility index (Phi) is 7.30. The fourth-order valence-electron chi connectivity index (χ4n) is 3.25. The zero-order chi connectivity index (χ0) is 18.4. The highest BCUT2D eigenvalue weighted by molar-refractivity contribution is 14.1. The average Bonchev–Trinajstić information content (AvgIpc) is 3.17. The highest BCUT2D eigenvalue weighted by atomic mass is 127. The number of ether oxygens (including phenoxy) is 1. The summed E-state index contributed by atoms with van der Waals surface area (Å²) in [5.41, 5.74) is 0. The standard InChI is InChI=1S/C18H24IN3O3S/c19-12-5-7-13(8-6-12)25-10-9-20-16(23)4-2-1-3-15-17-14(11-26-15)21-18(24)22-17/h5-8,14-15,17H,1-4,9-11H2,(H,20,23)(H2,21,22,24)/t14-,15-,17+/m0/s1. The highest BCUT2D eigenvalue weighted by Crippen LogP contribution is 2.33. The van der Waals surface area contributed by atoms with E-state index in [9.17, 15) is 9.59 Å². The number of halogens is 1. The number of carbonyl (C=O) groups excluding carboxylic acids is 2. The molecule has 1 aromatic rings. The van der Waals surface area contributed by atoms with E-state index < -0.39 is 0 Å². The maximum atomic E-state index is 11.9. The van der Waals surface area contributed by atoms with Gasteiger partial charge in [-0.15, -0.1) is 0 Å². The Morgan fingerprint density at radius 1 is 1.27 bits per heavy atom. The van der Waals surface area contributed by atoms with E-state index in [2.05, 4.69) is 38.5 Å². The molecule has 2 aliphatic heterocycles. The minimum absolute atomic E-state index is 0.0443. The summed E-state index contributed by atoms with van der Waals surface area (Å²) in [6.45, 7) is 0.992. The molecule has 8 heteroatoms. The van der Waals surface area contributed by atoms with Gasteiger partial charge in [-0.25, -0.2) is 4.79 Å². The molecule has 142 valence electrons. The van der Waals surface area contributed by atoms with Crippen molar-refractivity contribution >= 4 is 46.3 Å². The Bertz CT molecular complexity index is 629. The molecule has 0 saturated carbocycles. The lowest BCUT2D eigenvalue weighted by Gasteiger charge is -2.16. The Morgan fingerprint density at radius 2 is 2.08 bits per heavy atom. The molecule has 3 atom stereocenters. The molecule has 2 aliphatic rings. The van der Waals surface area contributed by atoms with Gasteiger partial charge in [-0.2, -0.15) is 11.8 Å². The quantitative estimate of drug-likeness (QED) is 0.283. The zero-order valence-corrected chi connectivity index (χ0v) is 17.5. The lowest BCUT2D eigenvalue weighted by atomic mass is 10.0. The van der Waals surface area contributed by atoms with Crippen molar-refractivity contribution < 1.29 is 14.3 Å². The normalized spacial score (nSPS) is 23.9. The van der Waals surface area contributed by atoms with Gasteiger partial charge in [0.05, 0.1) is 18.6 Å². The minimum atomic E-state index is -0.0443. The summed E-state index contributed by atoms with van der Waals surface area (Å²) >= 11 is 4.17. The molecule has 1 aromatic carbocycles. The Morgan fingerprint density at radius 3 is 2.88 bits per heavy atom. The Hall–Kier alpha value is -1.16. The van der Waals surface area contributed by atoms with Crippen molar-refractivity contribution in [2.45, 2.75) is 43.0 Å². The smallest absolute Gasteiger partial charge is 0.315 e. The number of fused-ring (bicyclic) bond motifs is 1. The lowest BCUT2D eigenvalue weighted by molar-refractivity contribution is -0.121. The summed E-state index contributed by atoms with van der Waals surface area (Å²) in [4.78, 5) is 23.2. The maximum absolute atomic E-state index is 11.9. The van der Waals surface area contributed by atoms with Crippen LogP contribution < -0.4 is 20.7 Å². The number of hydrogen-bond acceptors (Lipinski definition) is 4. The first-order chi connectivity index (χ1) is 12.6. The van der Waals surface area contributed by atoms with E-state index in [4.69, 9.17) is 4.74 Å². The number of rotatable bonds is 9. The fraction of sp³-hybridized carbons (Fsp3) is 0.556. The molecule has 0 bridgehead atoms. The van der Waals surface area contributed by atoms with Crippen molar-refractivity contribution in [1.29, 1.82) is 0 Å². The molecular weight excluding hydrogens is 465 g/mol.